The average Bonchev–Trinajstić information content (AvgIpc) is 2.56. The van der Waals surface area contributed by atoms with Crippen molar-refractivity contribution in [1.82, 2.24) is 0 Å². The van der Waals surface area contributed by atoms with E-state index in [4.69, 9.17) is 0 Å². The fourth-order valence-corrected chi connectivity index (χ4v) is 2.07. The number of hydrogen-bond donors (Lipinski definition) is 1. The molecule has 0 aliphatic carbocycles. The molecule has 0 aromatic heterocycles. The lowest BCUT2D eigenvalue weighted by Gasteiger charge is -2.11. The first kappa shape index (κ1) is 14.7. The summed E-state index contributed by atoms with van der Waals surface area (Å²) in [5, 5.41) is 4.83. The number of nitrogens with one attached hydrogen (secondary N) is 1. The van der Waals surface area contributed by atoms with Crippen LogP contribution in [0.25, 0.3) is 0 Å². The molecule has 114 valence electrons. The van der Waals surface area contributed by atoms with E-state index in [2.05, 4.69) is 20.5 Å². The molecule has 7 heteroatoms. The number of rotatable bonds is 4. The molecule has 2 aromatic rings. The number of carbonyl (C=O) groups is 2. The van der Waals surface area contributed by atoms with Gasteiger partial charge in [0.05, 0.1) is 16.4 Å². The standard InChI is InChI=1S/C16H11FN4O2/c17-10-4-3-5-11(8-10)20-21-14(9-22)15-16(23)19-13-7-2-1-6-12(13)18-15/h1-9,15,20H/b21-14-. The van der Waals surface area contributed by atoms with Crippen molar-refractivity contribution in [2.45, 2.75) is 6.04 Å². The summed E-state index contributed by atoms with van der Waals surface area (Å²) >= 11 is 0. The molecule has 1 N–H and O–H groups in total. The highest BCUT2D eigenvalue weighted by atomic mass is 19.1. The first-order valence-corrected chi connectivity index (χ1v) is 6.77. The van der Waals surface area contributed by atoms with Crippen molar-refractivity contribution >= 4 is 23.6 Å². The molecule has 1 amide bonds. The van der Waals surface area contributed by atoms with Gasteiger partial charge in [0.25, 0.3) is 5.91 Å². The van der Waals surface area contributed by atoms with Crippen LogP contribution in [0.3, 0.4) is 0 Å². The van der Waals surface area contributed by atoms with E-state index in [1.807, 2.05) is 0 Å². The third-order valence-electron chi connectivity index (χ3n) is 3.15. The molecule has 6 nitrogen and oxygen atoms in total. The van der Waals surface area contributed by atoms with Crippen molar-refractivity contribution in [3.63, 3.8) is 0 Å². The predicted octanol–water partition coefficient (Wildman–Crippen LogP) is 0.641. The summed E-state index contributed by atoms with van der Waals surface area (Å²) in [7, 11) is 0. The third kappa shape index (κ3) is 3.18. The Balaban J connectivity index is 1.92. The third-order valence-corrected chi connectivity index (χ3v) is 3.15. The molecular weight excluding hydrogens is 299 g/mol. The summed E-state index contributed by atoms with van der Waals surface area (Å²) in [6.07, 6.45) is 0.432. The van der Waals surface area contributed by atoms with Crippen molar-refractivity contribution in [2.75, 3.05) is 5.43 Å². The summed E-state index contributed by atoms with van der Waals surface area (Å²) in [6, 6.07) is 11.3. The van der Waals surface area contributed by atoms with Gasteiger partial charge in [0.2, 0.25) is 0 Å². The molecule has 0 bridgehead atoms. The lowest BCUT2D eigenvalue weighted by atomic mass is 10.1. The number of benzene rings is 2. The maximum absolute atomic E-state index is 13.1. The summed E-state index contributed by atoms with van der Waals surface area (Å²) in [6.45, 7) is 0. The summed E-state index contributed by atoms with van der Waals surface area (Å²) < 4.78 is 13.1. The SMILES string of the molecule is O=C/C(=N/Nc1cccc(F)c1)C1N=c2ccccc2=NC1=O. The van der Waals surface area contributed by atoms with Crippen molar-refractivity contribution in [3.05, 3.63) is 65.1 Å². The maximum atomic E-state index is 13.1. The molecule has 1 aliphatic heterocycles. The number of carbonyl (C=O) groups excluding carboxylic acids is 2. The van der Waals surface area contributed by atoms with E-state index < -0.39 is 17.8 Å². The van der Waals surface area contributed by atoms with E-state index in [1.165, 1.54) is 18.2 Å². The number of nitrogens with zero attached hydrogens (tertiary/aromatic N) is 3. The Hall–Kier alpha value is -3.22. The van der Waals surface area contributed by atoms with Crippen molar-refractivity contribution in [1.29, 1.82) is 0 Å². The smallest absolute Gasteiger partial charge is 0.277 e. The van der Waals surface area contributed by atoms with E-state index in [1.54, 1.807) is 30.3 Å². The Labute approximate surface area is 130 Å². The highest BCUT2D eigenvalue weighted by molar-refractivity contribution is 6.36. The normalized spacial score (nSPS) is 16.8. The number of halogens is 1. The molecule has 1 atom stereocenters. The minimum atomic E-state index is -1.11. The van der Waals surface area contributed by atoms with Gasteiger partial charge in [-0.1, -0.05) is 18.2 Å². The van der Waals surface area contributed by atoms with Gasteiger partial charge in [-0.3, -0.25) is 20.0 Å². The zero-order valence-corrected chi connectivity index (χ0v) is 11.8. The van der Waals surface area contributed by atoms with Crippen LogP contribution in [0.5, 0.6) is 0 Å². The molecule has 0 saturated carbocycles. The highest BCUT2D eigenvalue weighted by Crippen LogP contribution is 2.09. The minimum absolute atomic E-state index is 0.127. The number of para-hydroxylation sites is 2. The van der Waals surface area contributed by atoms with Gasteiger partial charge >= 0.3 is 0 Å². The van der Waals surface area contributed by atoms with Crippen LogP contribution in [0.4, 0.5) is 10.1 Å². The molecule has 0 saturated heterocycles. The highest BCUT2D eigenvalue weighted by Gasteiger charge is 2.25. The second-order valence-corrected chi connectivity index (χ2v) is 4.75. The average molecular weight is 310 g/mol. The van der Waals surface area contributed by atoms with Gasteiger partial charge in [-0.25, -0.2) is 9.38 Å². The molecular formula is C16H11FN4O2. The molecule has 1 aliphatic rings. The molecule has 0 fully saturated rings. The van der Waals surface area contributed by atoms with E-state index in [0.29, 0.717) is 22.7 Å². The number of hydrogen-bond acceptors (Lipinski definition) is 5. The zero-order valence-electron chi connectivity index (χ0n) is 11.8. The molecule has 1 heterocycles. The van der Waals surface area contributed by atoms with Crippen molar-refractivity contribution < 1.29 is 14.0 Å². The predicted molar refractivity (Wildman–Crippen MR) is 81.1 cm³/mol. The summed E-state index contributed by atoms with van der Waals surface area (Å²) in [4.78, 5) is 31.4. The molecule has 23 heavy (non-hydrogen) atoms. The van der Waals surface area contributed by atoms with Crippen molar-refractivity contribution in [2.24, 2.45) is 15.1 Å². The number of fused-ring (bicyclic) bond motifs is 1. The molecule has 3 rings (SSSR count). The van der Waals surface area contributed by atoms with Gasteiger partial charge in [-0.05, 0) is 30.3 Å². The van der Waals surface area contributed by atoms with Gasteiger partial charge < -0.3 is 0 Å². The Bertz CT molecular complexity index is 924. The van der Waals surface area contributed by atoms with E-state index in [-0.39, 0.29) is 5.71 Å². The van der Waals surface area contributed by atoms with Gasteiger partial charge in [-0.2, -0.15) is 5.10 Å². The van der Waals surface area contributed by atoms with Crippen LogP contribution in [0.2, 0.25) is 0 Å². The number of anilines is 1. The second-order valence-electron chi connectivity index (χ2n) is 4.75. The summed E-state index contributed by atoms with van der Waals surface area (Å²) in [5.41, 5.74) is 2.77. The maximum Gasteiger partial charge on any atom is 0.277 e. The second kappa shape index (κ2) is 6.27. The lowest BCUT2D eigenvalue weighted by Crippen LogP contribution is -2.41. The van der Waals surface area contributed by atoms with Crippen LogP contribution in [0, 0.1) is 5.82 Å². The Morgan fingerprint density at radius 1 is 1.17 bits per heavy atom. The largest absolute Gasteiger partial charge is 0.296 e. The van der Waals surface area contributed by atoms with Gasteiger partial charge in [-0.15, -0.1) is 0 Å². The zero-order chi connectivity index (χ0) is 16.2. The van der Waals surface area contributed by atoms with Crippen LogP contribution < -0.4 is 16.1 Å². The molecule has 1 unspecified atom stereocenters. The van der Waals surface area contributed by atoms with Gasteiger partial charge in [0, 0.05) is 0 Å². The Kier molecular flexibility index (Phi) is 4.01. The Morgan fingerprint density at radius 3 is 2.70 bits per heavy atom. The Morgan fingerprint density at radius 2 is 1.96 bits per heavy atom. The minimum Gasteiger partial charge on any atom is -0.296 e. The van der Waals surface area contributed by atoms with Gasteiger partial charge in [0.15, 0.2) is 12.3 Å². The number of aldehydes is 1. The molecule has 2 aromatic carbocycles. The van der Waals surface area contributed by atoms with E-state index >= 15 is 0 Å². The van der Waals surface area contributed by atoms with Crippen LogP contribution >= 0.6 is 0 Å². The summed E-state index contributed by atoms with van der Waals surface area (Å²) in [5.74, 6) is -1.02. The molecule has 0 spiro atoms. The quantitative estimate of drug-likeness (QED) is 0.511. The fraction of sp³-hybridized carbons (Fsp3) is 0.0625. The fourth-order valence-electron chi connectivity index (χ4n) is 2.07. The molecule has 0 radical (unpaired) electrons. The van der Waals surface area contributed by atoms with Crippen LogP contribution in [-0.2, 0) is 9.59 Å². The first-order valence-electron chi connectivity index (χ1n) is 6.77. The van der Waals surface area contributed by atoms with Crippen LogP contribution in [0.1, 0.15) is 0 Å². The van der Waals surface area contributed by atoms with Crippen LogP contribution in [0.15, 0.2) is 63.6 Å². The number of hydrazone groups is 1. The first-order chi connectivity index (χ1) is 11.2. The van der Waals surface area contributed by atoms with E-state index in [9.17, 15) is 14.0 Å². The monoisotopic (exact) mass is 310 g/mol. The van der Waals surface area contributed by atoms with E-state index in [0.717, 1.165) is 0 Å². The van der Waals surface area contributed by atoms with Crippen LogP contribution in [-0.4, -0.2) is 23.9 Å². The topological polar surface area (TPSA) is 83.2 Å². The van der Waals surface area contributed by atoms with Gasteiger partial charge in [0.1, 0.15) is 11.5 Å². The number of amides is 1. The van der Waals surface area contributed by atoms with Crippen molar-refractivity contribution in [3.8, 4) is 0 Å². The lowest BCUT2D eigenvalue weighted by molar-refractivity contribution is -0.118.